The van der Waals surface area contributed by atoms with Crippen LogP contribution >= 0.6 is 0 Å². The second kappa shape index (κ2) is 9.15. The maximum absolute atomic E-state index is 3.86. The minimum absolute atomic E-state index is 0.660. The fourth-order valence-electron chi connectivity index (χ4n) is 4.17. The lowest BCUT2D eigenvalue weighted by atomic mass is 9.94. The smallest absolute Gasteiger partial charge is 0.0398 e. The fourth-order valence-corrected chi connectivity index (χ4v) is 4.17. The molecule has 0 heterocycles. The molecule has 2 N–H and O–H groups in total. The van der Waals surface area contributed by atoms with Crippen LogP contribution in [0, 0.1) is 0 Å². The summed E-state index contributed by atoms with van der Waals surface area (Å²) in [6, 6.07) is 8.29. The fraction of sp³-hybridized carbons (Fsp3) is 0.636. The summed E-state index contributed by atoms with van der Waals surface area (Å²) in [7, 11) is 0. The second-order valence-corrected chi connectivity index (χ2v) is 7.60. The number of hydrogen-bond acceptors (Lipinski definition) is 2. The lowest BCUT2D eigenvalue weighted by Gasteiger charge is -2.27. The summed E-state index contributed by atoms with van der Waals surface area (Å²) >= 11 is 0. The minimum atomic E-state index is 0.660. The van der Waals surface area contributed by atoms with E-state index in [9.17, 15) is 0 Å². The van der Waals surface area contributed by atoms with Crippen LogP contribution in [-0.2, 0) is 6.42 Å². The zero-order valence-electron chi connectivity index (χ0n) is 15.3. The Hall–Kier alpha value is -1.44. The van der Waals surface area contributed by atoms with Crippen molar-refractivity contribution in [3.8, 4) is 0 Å². The normalized spacial score (nSPS) is 20.4. The van der Waals surface area contributed by atoms with Gasteiger partial charge in [-0.1, -0.05) is 56.7 Å². The Kier molecular flexibility index (Phi) is 6.63. The van der Waals surface area contributed by atoms with Gasteiger partial charge in [0.05, 0.1) is 0 Å². The molecule has 24 heavy (non-hydrogen) atoms. The highest BCUT2D eigenvalue weighted by Crippen LogP contribution is 2.28. The molecule has 0 amide bonds. The van der Waals surface area contributed by atoms with Crippen LogP contribution in [-0.4, -0.2) is 12.1 Å². The van der Waals surface area contributed by atoms with E-state index in [2.05, 4.69) is 47.9 Å². The lowest BCUT2D eigenvalue weighted by Crippen LogP contribution is -2.24. The molecular weight excluding hydrogens is 292 g/mol. The minimum Gasteiger partial charge on any atom is -0.382 e. The van der Waals surface area contributed by atoms with Crippen LogP contribution in [0.5, 0.6) is 0 Å². The average molecular weight is 327 g/mol. The van der Waals surface area contributed by atoms with E-state index in [1.54, 1.807) is 0 Å². The van der Waals surface area contributed by atoms with E-state index < -0.39 is 0 Å². The lowest BCUT2D eigenvalue weighted by molar-refractivity contribution is 0.461. The summed E-state index contributed by atoms with van der Waals surface area (Å²) in [5.74, 6) is 0. The first kappa shape index (κ1) is 17.4. The Morgan fingerprint density at radius 2 is 1.50 bits per heavy atom. The van der Waals surface area contributed by atoms with Gasteiger partial charge < -0.3 is 10.6 Å². The Bertz CT molecular complexity index is 523. The zero-order valence-corrected chi connectivity index (χ0v) is 15.3. The molecular formula is C22H34N2. The predicted molar refractivity (Wildman–Crippen MR) is 106 cm³/mol. The molecule has 0 unspecified atom stereocenters. The molecule has 0 atom stereocenters. The van der Waals surface area contributed by atoms with Crippen molar-refractivity contribution in [3.63, 3.8) is 0 Å². The summed E-state index contributed by atoms with van der Waals surface area (Å²) in [6.45, 7) is 2.10. The number of rotatable bonds is 6. The maximum Gasteiger partial charge on any atom is 0.0398 e. The van der Waals surface area contributed by atoms with Crippen LogP contribution in [0.3, 0.4) is 0 Å². The van der Waals surface area contributed by atoms with Crippen molar-refractivity contribution in [1.82, 2.24) is 0 Å². The number of nitrogens with one attached hydrogen (secondary N) is 2. The van der Waals surface area contributed by atoms with E-state index in [4.69, 9.17) is 0 Å². The SMILES string of the molecule is CC=CCc1ccc(NC2CCCCC2)cc1NC1CCCCC1. The van der Waals surface area contributed by atoms with Crippen molar-refractivity contribution >= 4 is 11.4 Å². The van der Waals surface area contributed by atoms with Crippen LogP contribution in [0.2, 0.25) is 0 Å². The zero-order chi connectivity index (χ0) is 16.6. The number of benzene rings is 1. The molecule has 2 aliphatic carbocycles. The molecule has 0 bridgehead atoms. The van der Waals surface area contributed by atoms with E-state index in [0.717, 1.165) is 6.42 Å². The molecule has 3 rings (SSSR count). The van der Waals surface area contributed by atoms with Crippen molar-refractivity contribution in [2.45, 2.75) is 89.6 Å². The monoisotopic (exact) mass is 326 g/mol. The first-order chi connectivity index (χ1) is 11.8. The Morgan fingerprint density at radius 3 is 2.12 bits per heavy atom. The predicted octanol–water partition coefficient (Wildman–Crippen LogP) is 6.29. The first-order valence-corrected chi connectivity index (χ1v) is 10.1. The van der Waals surface area contributed by atoms with E-state index in [0.29, 0.717) is 12.1 Å². The van der Waals surface area contributed by atoms with Gasteiger partial charge >= 0.3 is 0 Å². The number of hydrogen-bond donors (Lipinski definition) is 2. The van der Waals surface area contributed by atoms with E-state index >= 15 is 0 Å². The number of allylic oxidation sites excluding steroid dienone is 2. The van der Waals surface area contributed by atoms with Crippen molar-refractivity contribution in [2.24, 2.45) is 0 Å². The molecule has 132 valence electrons. The van der Waals surface area contributed by atoms with Gasteiger partial charge in [0.2, 0.25) is 0 Å². The first-order valence-electron chi connectivity index (χ1n) is 10.1. The molecule has 1 aromatic carbocycles. The van der Waals surface area contributed by atoms with Gasteiger partial charge in [0, 0.05) is 23.5 Å². The van der Waals surface area contributed by atoms with Gasteiger partial charge in [0.1, 0.15) is 0 Å². The van der Waals surface area contributed by atoms with Crippen molar-refractivity contribution < 1.29 is 0 Å². The van der Waals surface area contributed by atoms with Crippen LogP contribution in [0.4, 0.5) is 11.4 Å². The van der Waals surface area contributed by atoms with Crippen molar-refractivity contribution in [1.29, 1.82) is 0 Å². The molecule has 2 heteroatoms. The maximum atomic E-state index is 3.86. The molecule has 2 aliphatic rings. The summed E-state index contributed by atoms with van der Waals surface area (Å²) in [6.07, 6.45) is 19.1. The van der Waals surface area contributed by atoms with E-state index in [-0.39, 0.29) is 0 Å². The standard InChI is InChI=1S/C22H34N2/c1-2-3-10-18-15-16-21(23-19-11-6-4-7-12-19)17-22(18)24-20-13-8-5-9-14-20/h2-3,15-17,19-20,23-24H,4-14H2,1H3. The van der Waals surface area contributed by atoms with Gasteiger partial charge in [-0.25, -0.2) is 0 Å². The van der Waals surface area contributed by atoms with Gasteiger partial charge in [-0.05, 0) is 56.7 Å². The molecule has 2 saturated carbocycles. The molecule has 0 spiro atoms. The summed E-state index contributed by atoms with van der Waals surface area (Å²) in [5.41, 5.74) is 4.07. The average Bonchev–Trinajstić information content (AvgIpc) is 2.63. The highest BCUT2D eigenvalue weighted by Gasteiger charge is 2.16. The Morgan fingerprint density at radius 1 is 0.875 bits per heavy atom. The molecule has 0 saturated heterocycles. The van der Waals surface area contributed by atoms with Gasteiger partial charge in [-0.2, -0.15) is 0 Å². The summed E-state index contributed by atoms with van der Waals surface area (Å²) in [5, 5.41) is 7.65. The van der Waals surface area contributed by atoms with Gasteiger partial charge in [-0.3, -0.25) is 0 Å². The molecule has 0 radical (unpaired) electrons. The largest absolute Gasteiger partial charge is 0.382 e. The van der Waals surface area contributed by atoms with Crippen molar-refractivity contribution in [3.05, 3.63) is 35.9 Å². The molecule has 2 fully saturated rings. The highest BCUT2D eigenvalue weighted by molar-refractivity contribution is 5.62. The molecule has 0 aliphatic heterocycles. The van der Waals surface area contributed by atoms with Crippen molar-refractivity contribution in [2.75, 3.05) is 10.6 Å². The molecule has 0 aromatic heterocycles. The third-order valence-electron chi connectivity index (χ3n) is 5.62. The third kappa shape index (κ3) is 5.03. The van der Waals surface area contributed by atoms with Crippen LogP contribution in [0.15, 0.2) is 30.4 Å². The van der Waals surface area contributed by atoms with Gasteiger partial charge in [0.25, 0.3) is 0 Å². The highest BCUT2D eigenvalue weighted by atomic mass is 14.9. The second-order valence-electron chi connectivity index (χ2n) is 7.60. The van der Waals surface area contributed by atoms with Crippen LogP contribution < -0.4 is 10.6 Å². The quantitative estimate of drug-likeness (QED) is 0.600. The van der Waals surface area contributed by atoms with Crippen LogP contribution in [0.1, 0.15) is 76.7 Å². The Balaban J connectivity index is 1.71. The third-order valence-corrected chi connectivity index (χ3v) is 5.62. The van der Waals surface area contributed by atoms with E-state index in [1.807, 2.05) is 0 Å². The topological polar surface area (TPSA) is 24.1 Å². The molecule has 2 nitrogen and oxygen atoms in total. The number of anilines is 2. The van der Waals surface area contributed by atoms with Crippen LogP contribution in [0.25, 0.3) is 0 Å². The Labute approximate surface area is 148 Å². The van der Waals surface area contributed by atoms with E-state index in [1.165, 1.54) is 81.1 Å². The summed E-state index contributed by atoms with van der Waals surface area (Å²) in [4.78, 5) is 0. The summed E-state index contributed by atoms with van der Waals surface area (Å²) < 4.78 is 0. The molecule has 1 aromatic rings. The van der Waals surface area contributed by atoms with Gasteiger partial charge in [-0.15, -0.1) is 0 Å². The van der Waals surface area contributed by atoms with Gasteiger partial charge in [0.15, 0.2) is 0 Å².